The molecule has 0 aromatic heterocycles. The van der Waals surface area contributed by atoms with Crippen LogP contribution in [0.1, 0.15) is 23.2 Å². The molecule has 0 spiro atoms. The third-order valence-electron chi connectivity index (χ3n) is 4.17. The van der Waals surface area contributed by atoms with E-state index in [-0.39, 0.29) is 11.5 Å². The molecular weight excluding hydrogens is 366 g/mol. The van der Waals surface area contributed by atoms with Gasteiger partial charge < -0.3 is 15.0 Å². The van der Waals surface area contributed by atoms with E-state index in [4.69, 9.17) is 4.74 Å². The molecule has 0 aliphatic carbocycles. The van der Waals surface area contributed by atoms with Crippen molar-refractivity contribution in [3.8, 4) is 0 Å². The number of carbonyl (C=O) groups is 3. The van der Waals surface area contributed by atoms with Crippen molar-refractivity contribution in [1.82, 2.24) is 0 Å². The number of carbonyl (C=O) groups excluding carboxylic acids is 3. The maximum atomic E-state index is 12.1. The first-order valence-corrected chi connectivity index (χ1v) is 8.56. The molecule has 2 amide bonds. The lowest BCUT2D eigenvalue weighted by molar-refractivity contribution is -0.385. The molecule has 3 rings (SSSR count). The highest BCUT2D eigenvalue weighted by Gasteiger charge is 2.23. The molecule has 2 aromatic rings. The van der Waals surface area contributed by atoms with E-state index in [9.17, 15) is 24.5 Å². The summed E-state index contributed by atoms with van der Waals surface area (Å²) in [5, 5.41) is 13.5. The number of anilines is 2. The summed E-state index contributed by atoms with van der Waals surface area (Å²) in [6, 6.07) is 12.1. The van der Waals surface area contributed by atoms with E-state index in [0.717, 1.165) is 6.42 Å². The van der Waals surface area contributed by atoms with E-state index in [1.54, 1.807) is 29.2 Å². The van der Waals surface area contributed by atoms with E-state index in [1.165, 1.54) is 24.3 Å². The number of ether oxygens (including phenoxy) is 1. The van der Waals surface area contributed by atoms with Crippen molar-refractivity contribution in [2.24, 2.45) is 0 Å². The first kappa shape index (κ1) is 19.0. The predicted octanol–water partition coefficient (Wildman–Crippen LogP) is 2.52. The van der Waals surface area contributed by atoms with Crippen LogP contribution < -0.4 is 10.2 Å². The largest absolute Gasteiger partial charge is 0.452 e. The molecule has 144 valence electrons. The van der Waals surface area contributed by atoms with Crippen LogP contribution in [0.5, 0.6) is 0 Å². The number of esters is 1. The number of nitrogens with one attached hydrogen (secondary N) is 1. The first-order chi connectivity index (χ1) is 13.5. The fraction of sp³-hybridized carbons (Fsp3) is 0.211. The van der Waals surface area contributed by atoms with Crippen LogP contribution in [0.15, 0.2) is 48.5 Å². The van der Waals surface area contributed by atoms with Gasteiger partial charge in [-0.2, -0.15) is 0 Å². The molecule has 1 N–H and O–H groups in total. The highest BCUT2D eigenvalue weighted by molar-refractivity contribution is 5.99. The van der Waals surface area contributed by atoms with Gasteiger partial charge in [0.05, 0.1) is 4.92 Å². The first-order valence-electron chi connectivity index (χ1n) is 8.56. The summed E-state index contributed by atoms with van der Waals surface area (Å²) in [4.78, 5) is 47.8. The molecule has 0 radical (unpaired) electrons. The number of benzene rings is 2. The highest BCUT2D eigenvalue weighted by Crippen LogP contribution is 2.24. The van der Waals surface area contributed by atoms with Gasteiger partial charge in [-0.05, 0) is 30.7 Å². The molecule has 28 heavy (non-hydrogen) atoms. The number of nitro groups is 1. The molecule has 0 saturated carbocycles. The number of hydrogen-bond acceptors (Lipinski definition) is 6. The Morgan fingerprint density at radius 3 is 2.68 bits per heavy atom. The molecule has 2 aromatic carbocycles. The van der Waals surface area contributed by atoms with Crippen molar-refractivity contribution in [2.75, 3.05) is 23.4 Å². The lowest BCUT2D eigenvalue weighted by Crippen LogP contribution is -2.24. The molecular formula is C19H17N3O6. The highest BCUT2D eigenvalue weighted by atomic mass is 16.6. The molecule has 1 fully saturated rings. The van der Waals surface area contributed by atoms with Crippen LogP contribution in [0.4, 0.5) is 17.1 Å². The quantitative estimate of drug-likeness (QED) is 0.465. The summed E-state index contributed by atoms with van der Waals surface area (Å²) in [6.07, 6.45) is 1.29. The Kier molecular flexibility index (Phi) is 5.64. The normalized spacial score (nSPS) is 13.3. The fourth-order valence-corrected chi connectivity index (χ4v) is 2.88. The summed E-state index contributed by atoms with van der Waals surface area (Å²) in [5.74, 6) is -1.53. The van der Waals surface area contributed by atoms with Crippen molar-refractivity contribution < 1.29 is 24.0 Å². The van der Waals surface area contributed by atoms with Gasteiger partial charge in [0, 0.05) is 30.4 Å². The Morgan fingerprint density at radius 2 is 1.96 bits per heavy atom. The van der Waals surface area contributed by atoms with Gasteiger partial charge in [0.2, 0.25) is 5.91 Å². The van der Waals surface area contributed by atoms with Crippen LogP contribution in [-0.2, 0) is 14.3 Å². The summed E-state index contributed by atoms with van der Waals surface area (Å²) >= 11 is 0. The molecule has 9 heteroatoms. The second-order valence-electron chi connectivity index (χ2n) is 6.10. The van der Waals surface area contributed by atoms with Crippen molar-refractivity contribution in [3.63, 3.8) is 0 Å². The Bertz CT molecular complexity index is 943. The number of nitrogens with zero attached hydrogens (tertiary/aromatic N) is 2. The average molecular weight is 383 g/mol. The molecule has 1 aliphatic rings. The van der Waals surface area contributed by atoms with Crippen LogP contribution in [-0.4, -0.2) is 35.9 Å². The minimum absolute atomic E-state index is 0.0295. The standard InChI is InChI=1S/C19H17N3O6/c23-17(12-28-19(25)15-7-1-2-8-16(15)22(26)27)20-13-5-3-6-14(11-13)21-10-4-9-18(21)24/h1-3,5-8,11H,4,9-10,12H2,(H,20,23). The van der Waals surface area contributed by atoms with Crippen molar-refractivity contribution >= 4 is 34.8 Å². The zero-order valence-corrected chi connectivity index (χ0v) is 14.8. The van der Waals surface area contributed by atoms with Crippen LogP contribution in [0, 0.1) is 10.1 Å². The third kappa shape index (κ3) is 4.32. The lowest BCUT2D eigenvalue weighted by atomic mass is 10.2. The minimum Gasteiger partial charge on any atom is -0.452 e. The molecule has 1 heterocycles. The summed E-state index contributed by atoms with van der Waals surface area (Å²) in [7, 11) is 0. The summed E-state index contributed by atoms with van der Waals surface area (Å²) in [6.45, 7) is 0.0292. The molecule has 1 aliphatic heterocycles. The zero-order valence-electron chi connectivity index (χ0n) is 14.8. The van der Waals surface area contributed by atoms with Gasteiger partial charge in [0.15, 0.2) is 6.61 Å². The van der Waals surface area contributed by atoms with Gasteiger partial charge in [-0.25, -0.2) is 4.79 Å². The maximum absolute atomic E-state index is 12.1. The maximum Gasteiger partial charge on any atom is 0.345 e. The van der Waals surface area contributed by atoms with Crippen LogP contribution in [0.25, 0.3) is 0 Å². The smallest absolute Gasteiger partial charge is 0.345 e. The second kappa shape index (κ2) is 8.30. The Hall–Kier alpha value is -3.75. The van der Waals surface area contributed by atoms with E-state index >= 15 is 0 Å². The topological polar surface area (TPSA) is 119 Å². The Balaban J connectivity index is 1.60. The van der Waals surface area contributed by atoms with Gasteiger partial charge >= 0.3 is 5.97 Å². The molecule has 0 unspecified atom stereocenters. The number of nitro benzene ring substituents is 1. The second-order valence-corrected chi connectivity index (χ2v) is 6.10. The van der Waals surface area contributed by atoms with Gasteiger partial charge in [-0.3, -0.25) is 19.7 Å². The van der Waals surface area contributed by atoms with Crippen molar-refractivity contribution in [2.45, 2.75) is 12.8 Å². The lowest BCUT2D eigenvalue weighted by Gasteiger charge is -2.16. The van der Waals surface area contributed by atoms with E-state index in [0.29, 0.717) is 24.3 Å². The minimum atomic E-state index is -0.959. The average Bonchev–Trinajstić information content (AvgIpc) is 3.12. The molecule has 0 atom stereocenters. The van der Waals surface area contributed by atoms with Crippen LogP contribution in [0.3, 0.4) is 0 Å². The molecule has 1 saturated heterocycles. The van der Waals surface area contributed by atoms with Crippen molar-refractivity contribution in [3.05, 3.63) is 64.2 Å². The Labute approximate surface area is 160 Å². The number of rotatable bonds is 6. The summed E-state index contributed by atoms with van der Waals surface area (Å²) in [5.41, 5.74) is 0.506. The van der Waals surface area contributed by atoms with Gasteiger partial charge in [0.1, 0.15) is 5.56 Å². The molecule has 0 bridgehead atoms. The van der Waals surface area contributed by atoms with Gasteiger partial charge in [0.25, 0.3) is 11.6 Å². The Morgan fingerprint density at radius 1 is 1.18 bits per heavy atom. The number of amides is 2. The van der Waals surface area contributed by atoms with Crippen LogP contribution >= 0.6 is 0 Å². The third-order valence-corrected chi connectivity index (χ3v) is 4.17. The van der Waals surface area contributed by atoms with E-state index in [2.05, 4.69) is 5.32 Å². The van der Waals surface area contributed by atoms with Crippen molar-refractivity contribution in [1.29, 1.82) is 0 Å². The number of para-hydroxylation sites is 1. The van der Waals surface area contributed by atoms with Gasteiger partial charge in [-0.15, -0.1) is 0 Å². The van der Waals surface area contributed by atoms with Crippen LogP contribution in [0.2, 0.25) is 0 Å². The van der Waals surface area contributed by atoms with E-state index in [1.807, 2.05) is 0 Å². The molecule has 9 nitrogen and oxygen atoms in total. The zero-order chi connectivity index (χ0) is 20.1. The SMILES string of the molecule is O=C(COC(=O)c1ccccc1[N+](=O)[O-])Nc1cccc(N2CCCC2=O)c1. The van der Waals surface area contributed by atoms with Gasteiger partial charge in [-0.1, -0.05) is 18.2 Å². The number of hydrogen-bond donors (Lipinski definition) is 1. The fourth-order valence-electron chi connectivity index (χ4n) is 2.88. The van der Waals surface area contributed by atoms with E-state index < -0.39 is 29.1 Å². The summed E-state index contributed by atoms with van der Waals surface area (Å²) < 4.78 is 4.88. The monoisotopic (exact) mass is 383 g/mol. The predicted molar refractivity (Wildman–Crippen MR) is 100 cm³/mol.